The Hall–Kier alpha value is -2.19. The summed E-state index contributed by atoms with van der Waals surface area (Å²) in [6.45, 7) is 0.342. The quantitative estimate of drug-likeness (QED) is 0.667. The average molecular weight is 436 g/mol. The van der Waals surface area contributed by atoms with Gasteiger partial charge < -0.3 is 0 Å². The summed E-state index contributed by atoms with van der Waals surface area (Å²) in [5, 5.41) is 3.84. The van der Waals surface area contributed by atoms with Crippen molar-refractivity contribution >= 4 is 33.2 Å². The first-order valence-electron chi connectivity index (χ1n) is 8.48. The van der Waals surface area contributed by atoms with Crippen molar-refractivity contribution in [2.75, 3.05) is 6.54 Å². The normalized spacial score (nSPS) is 15.7. The van der Waals surface area contributed by atoms with Crippen LogP contribution in [-0.2, 0) is 16.4 Å². The van der Waals surface area contributed by atoms with Crippen LogP contribution in [0.15, 0.2) is 64.4 Å². The van der Waals surface area contributed by atoms with Crippen molar-refractivity contribution in [1.82, 2.24) is 14.5 Å². The van der Waals surface area contributed by atoms with Crippen LogP contribution in [0.3, 0.4) is 0 Å². The Morgan fingerprint density at radius 1 is 1.11 bits per heavy atom. The van der Waals surface area contributed by atoms with Gasteiger partial charge in [-0.15, -0.1) is 0 Å². The zero-order valence-electron chi connectivity index (χ0n) is 14.5. The number of nitrogens with one attached hydrogen (secondary N) is 1. The van der Waals surface area contributed by atoms with E-state index in [1.165, 1.54) is 41.6 Å². The second-order valence-corrected chi connectivity index (χ2v) is 9.02. The van der Waals surface area contributed by atoms with E-state index in [2.05, 4.69) is 15.9 Å². The Labute approximate surface area is 171 Å². The van der Waals surface area contributed by atoms with E-state index in [4.69, 9.17) is 23.2 Å². The molecule has 0 aliphatic heterocycles. The van der Waals surface area contributed by atoms with Gasteiger partial charge in [-0.2, -0.15) is 9.78 Å². The number of hydrogen-bond donors (Lipinski definition) is 1. The molecule has 0 radical (unpaired) electrons. The maximum atomic E-state index is 12.6. The fraction of sp³-hybridized carbons (Fsp3) is 0.158. The minimum atomic E-state index is -3.66. The summed E-state index contributed by atoms with van der Waals surface area (Å²) in [5.74, 6) is 0.184. The van der Waals surface area contributed by atoms with Gasteiger partial charge in [-0.25, -0.2) is 13.1 Å². The topological polar surface area (TPSA) is 81.1 Å². The van der Waals surface area contributed by atoms with Crippen molar-refractivity contribution in [3.05, 3.63) is 86.3 Å². The molecule has 6 nitrogen and oxygen atoms in total. The number of benzene rings is 2. The summed E-state index contributed by atoms with van der Waals surface area (Å²) in [4.78, 5) is 12.3. The van der Waals surface area contributed by atoms with E-state index in [1.54, 1.807) is 0 Å². The number of halogens is 2. The van der Waals surface area contributed by atoms with Gasteiger partial charge in [0, 0.05) is 12.5 Å². The highest BCUT2D eigenvalue weighted by Crippen LogP contribution is 2.34. The van der Waals surface area contributed by atoms with Gasteiger partial charge in [0.25, 0.3) is 5.56 Å². The highest BCUT2D eigenvalue weighted by Gasteiger charge is 2.27. The monoisotopic (exact) mass is 435 g/mol. The van der Waals surface area contributed by atoms with E-state index in [0.717, 1.165) is 11.1 Å². The van der Waals surface area contributed by atoms with E-state index in [9.17, 15) is 13.2 Å². The highest BCUT2D eigenvalue weighted by atomic mass is 35.5. The summed E-state index contributed by atoms with van der Waals surface area (Å²) in [7, 11) is -3.66. The SMILES string of the molecule is O=c1c(Cl)c(Cl)cnn1-c1ccc(S(=O)(=O)NC[C@@H]2Cc3ccccc32)cc1. The minimum absolute atomic E-state index is 0.0592. The summed E-state index contributed by atoms with van der Waals surface area (Å²) in [6.07, 6.45) is 2.12. The van der Waals surface area contributed by atoms with Crippen LogP contribution in [0.25, 0.3) is 5.69 Å². The van der Waals surface area contributed by atoms with E-state index in [-0.39, 0.29) is 20.9 Å². The Morgan fingerprint density at radius 2 is 1.82 bits per heavy atom. The molecule has 144 valence electrons. The molecule has 0 saturated heterocycles. The number of sulfonamides is 1. The fourth-order valence-corrected chi connectivity index (χ4v) is 4.54. The lowest BCUT2D eigenvalue weighted by atomic mass is 9.78. The van der Waals surface area contributed by atoms with Crippen LogP contribution >= 0.6 is 23.2 Å². The predicted octanol–water partition coefficient (Wildman–Crippen LogP) is 3.16. The Bertz CT molecular complexity index is 1210. The molecule has 1 aromatic heterocycles. The van der Waals surface area contributed by atoms with E-state index < -0.39 is 15.6 Å². The average Bonchev–Trinajstić information content (AvgIpc) is 2.67. The number of rotatable bonds is 5. The van der Waals surface area contributed by atoms with Crippen LogP contribution in [0.5, 0.6) is 0 Å². The largest absolute Gasteiger partial charge is 0.291 e. The van der Waals surface area contributed by atoms with E-state index >= 15 is 0 Å². The number of aromatic nitrogens is 2. The third kappa shape index (κ3) is 3.46. The summed E-state index contributed by atoms with van der Waals surface area (Å²) in [6, 6.07) is 13.8. The van der Waals surface area contributed by atoms with Crippen molar-refractivity contribution in [1.29, 1.82) is 0 Å². The highest BCUT2D eigenvalue weighted by molar-refractivity contribution is 7.89. The maximum absolute atomic E-state index is 12.6. The molecule has 9 heteroatoms. The Kier molecular flexibility index (Phi) is 5.01. The van der Waals surface area contributed by atoms with Crippen LogP contribution in [0.2, 0.25) is 10.0 Å². The van der Waals surface area contributed by atoms with Gasteiger partial charge in [0.1, 0.15) is 5.02 Å². The molecular formula is C19H15Cl2N3O3S. The molecule has 1 aliphatic rings. The van der Waals surface area contributed by atoms with Crippen molar-refractivity contribution in [3.63, 3.8) is 0 Å². The van der Waals surface area contributed by atoms with Crippen LogP contribution in [0.4, 0.5) is 0 Å². The molecule has 1 heterocycles. The lowest BCUT2D eigenvalue weighted by Gasteiger charge is -2.30. The standard InChI is InChI=1S/C19H15Cl2N3O3S/c20-17-11-22-24(19(25)18(17)21)14-5-7-15(8-6-14)28(26,27)23-10-13-9-12-3-1-2-4-16(12)13/h1-8,11,13,23H,9-10H2/t13-/m0/s1. The Morgan fingerprint density at radius 3 is 2.54 bits per heavy atom. The molecule has 0 fully saturated rings. The molecule has 1 atom stereocenters. The van der Waals surface area contributed by atoms with Gasteiger partial charge in [-0.1, -0.05) is 47.5 Å². The molecule has 0 amide bonds. The van der Waals surface area contributed by atoms with Gasteiger partial charge in [-0.3, -0.25) is 4.79 Å². The second-order valence-electron chi connectivity index (χ2n) is 6.47. The first-order valence-corrected chi connectivity index (χ1v) is 10.7. The van der Waals surface area contributed by atoms with E-state index in [1.807, 2.05) is 18.2 Å². The first kappa shape index (κ1) is 19.1. The van der Waals surface area contributed by atoms with Gasteiger partial charge in [-0.05, 0) is 41.8 Å². The lowest BCUT2D eigenvalue weighted by Crippen LogP contribution is -2.33. The first-order chi connectivity index (χ1) is 13.4. The molecule has 3 aromatic rings. The minimum Gasteiger partial charge on any atom is -0.266 e. The third-order valence-corrected chi connectivity index (χ3v) is 6.94. The Balaban J connectivity index is 1.50. The van der Waals surface area contributed by atoms with E-state index in [0.29, 0.717) is 12.2 Å². The zero-order chi connectivity index (χ0) is 19.9. The molecule has 4 rings (SSSR count). The van der Waals surface area contributed by atoms with Crippen molar-refractivity contribution in [2.45, 2.75) is 17.2 Å². The number of hydrogen-bond acceptors (Lipinski definition) is 4. The number of fused-ring (bicyclic) bond motifs is 1. The van der Waals surface area contributed by atoms with Gasteiger partial charge in [0.2, 0.25) is 10.0 Å². The summed E-state index contributed by atoms with van der Waals surface area (Å²) in [5.41, 5.74) is 2.25. The second kappa shape index (κ2) is 7.33. The molecule has 1 aliphatic carbocycles. The fourth-order valence-electron chi connectivity index (χ4n) is 3.20. The smallest absolute Gasteiger partial charge is 0.266 e. The summed E-state index contributed by atoms with van der Waals surface area (Å²) >= 11 is 11.6. The molecule has 28 heavy (non-hydrogen) atoms. The van der Waals surface area contributed by atoms with Gasteiger partial charge in [0.05, 0.1) is 21.8 Å². The van der Waals surface area contributed by atoms with Gasteiger partial charge in [0.15, 0.2) is 0 Å². The summed E-state index contributed by atoms with van der Waals surface area (Å²) < 4.78 is 28.9. The maximum Gasteiger partial charge on any atom is 0.291 e. The molecule has 0 bridgehead atoms. The molecule has 2 aromatic carbocycles. The molecule has 0 saturated carbocycles. The lowest BCUT2D eigenvalue weighted by molar-refractivity contribution is 0.552. The van der Waals surface area contributed by atoms with Gasteiger partial charge >= 0.3 is 0 Å². The zero-order valence-corrected chi connectivity index (χ0v) is 16.8. The molecule has 1 N–H and O–H groups in total. The molecule has 0 spiro atoms. The predicted molar refractivity (Wildman–Crippen MR) is 108 cm³/mol. The van der Waals surface area contributed by atoms with Crippen LogP contribution in [-0.4, -0.2) is 24.7 Å². The van der Waals surface area contributed by atoms with Crippen molar-refractivity contribution < 1.29 is 8.42 Å². The number of nitrogens with zero attached hydrogens (tertiary/aromatic N) is 2. The van der Waals surface area contributed by atoms with Crippen LogP contribution in [0.1, 0.15) is 17.0 Å². The molecule has 0 unspecified atom stereocenters. The van der Waals surface area contributed by atoms with Crippen molar-refractivity contribution in [3.8, 4) is 5.69 Å². The van der Waals surface area contributed by atoms with Crippen LogP contribution < -0.4 is 10.3 Å². The molecular weight excluding hydrogens is 421 g/mol. The third-order valence-electron chi connectivity index (χ3n) is 4.75. The van der Waals surface area contributed by atoms with Crippen LogP contribution in [0, 0.1) is 0 Å². The van der Waals surface area contributed by atoms with Crippen molar-refractivity contribution in [2.24, 2.45) is 0 Å².